The molecule has 1 aliphatic rings. The molecular formula is C28H42O. The molecule has 0 aliphatic heterocycles. The average Bonchev–Trinajstić information content (AvgIpc) is 3.17. The van der Waals surface area contributed by atoms with Crippen molar-refractivity contribution in [1.82, 2.24) is 0 Å². The van der Waals surface area contributed by atoms with Crippen LogP contribution < -0.4 is 4.74 Å². The third kappa shape index (κ3) is 6.36. The molecule has 0 saturated carbocycles. The number of rotatable bonds is 10. The van der Waals surface area contributed by atoms with Crippen molar-refractivity contribution >= 4 is 5.57 Å². The maximum absolute atomic E-state index is 6.50. The highest BCUT2D eigenvalue weighted by Gasteiger charge is 2.23. The first-order chi connectivity index (χ1) is 13.9. The highest BCUT2D eigenvalue weighted by molar-refractivity contribution is 5.78. The predicted molar refractivity (Wildman–Crippen MR) is 129 cm³/mol. The maximum atomic E-state index is 6.50. The van der Waals surface area contributed by atoms with Crippen LogP contribution in [0.3, 0.4) is 0 Å². The van der Waals surface area contributed by atoms with Gasteiger partial charge in [-0.15, -0.1) is 0 Å². The second kappa shape index (κ2) is 11.4. The second-order valence-corrected chi connectivity index (χ2v) is 9.08. The zero-order valence-electron chi connectivity index (χ0n) is 19.9. The number of ether oxygens (including phenoxy) is 1. The summed E-state index contributed by atoms with van der Waals surface area (Å²) in [5.74, 6) is 2.12. The van der Waals surface area contributed by atoms with Gasteiger partial charge in [-0.2, -0.15) is 0 Å². The third-order valence-corrected chi connectivity index (χ3v) is 6.01. The Labute approximate surface area is 179 Å². The van der Waals surface area contributed by atoms with Crippen LogP contribution in [0.2, 0.25) is 0 Å². The van der Waals surface area contributed by atoms with Crippen molar-refractivity contribution in [1.29, 1.82) is 0 Å². The molecule has 0 fully saturated rings. The highest BCUT2D eigenvalue weighted by Crippen LogP contribution is 2.43. The van der Waals surface area contributed by atoms with Gasteiger partial charge < -0.3 is 4.74 Å². The van der Waals surface area contributed by atoms with Crippen molar-refractivity contribution in [3.8, 4) is 5.75 Å². The summed E-state index contributed by atoms with van der Waals surface area (Å²) >= 11 is 0. The van der Waals surface area contributed by atoms with Crippen LogP contribution >= 0.6 is 0 Å². The molecule has 2 rings (SSSR count). The van der Waals surface area contributed by atoms with Crippen LogP contribution in [0.15, 0.2) is 41.5 Å². The zero-order chi connectivity index (χ0) is 21.4. The number of allylic oxidation sites excluding steroid dienone is 6. The molecule has 1 aromatic rings. The molecule has 0 spiro atoms. The molecule has 0 bridgehead atoms. The summed E-state index contributed by atoms with van der Waals surface area (Å²) in [6.45, 7) is 16.5. The topological polar surface area (TPSA) is 9.23 Å². The van der Waals surface area contributed by atoms with Gasteiger partial charge in [0.15, 0.2) is 0 Å². The van der Waals surface area contributed by atoms with E-state index in [0.29, 0.717) is 11.8 Å². The minimum Gasteiger partial charge on any atom is -0.493 e. The second-order valence-electron chi connectivity index (χ2n) is 9.08. The lowest BCUT2D eigenvalue weighted by molar-refractivity contribution is 0.301. The van der Waals surface area contributed by atoms with E-state index in [1.54, 1.807) is 0 Å². The first-order valence-electron chi connectivity index (χ1n) is 11.7. The van der Waals surface area contributed by atoms with E-state index < -0.39 is 0 Å². The highest BCUT2D eigenvalue weighted by atomic mass is 16.5. The van der Waals surface area contributed by atoms with E-state index >= 15 is 0 Å². The quantitative estimate of drug-likeness (QED) is 0.284. The Hall–Kier alpha value is -1.76. The van der Waals surface area contributed by atoms with Crippen molar-refractivity contribution in [2.24, 2.45) is 0 Å². The van der Waals surface area contributed by atoms with Gasteiger partial charge in [-0.3, -0.25) is 0 Å². The van der Waals surface area contributed by atoms with Crippen molar-refractivity contribution in [2.75, 3.05) is 6.61 Å². The smallest absolute Gasteiger partial charge is 0.130 e. The van der Waals surface area contributed by atoms with Gasteiger partial charge in [0.05, 0.1) is 6.61 Å². The van der Waals surface area contributed by atoms with Gasteiger partial charge in [0.1, 0.15) is 5.75 Å². The normalized spacial score (nSPS) is 15.4. The minimum absolute atomic E-state index is 0.458. The minimum atomic E-state index is 0.458. The molecule has 0 atom stereocenters. The Kier molecular flexibility index (Phi) is 9.27. The number of hydrogen-bond donors (Lipinski definition) is 0. The molecule has 0 amide bonds. The molecule has 0 aromatic heterocycles. The molecule has 1 nitrogen and oxygen atoms in total. The van der Waals surface area contributed by atoms with Crippen LogP contribution in [0.1, 0.15) is 116 Å². The lowest BCUT2D eigenvalue weighted by Gasteiger charge is -2.22. The summed E-state index contributed by atoms with van der Waals surface area (Å²) in [4.78, 5) is 0. The summed E-state index contributed by atoms with van der Waals surface area (Å²) < 4.78 is 6.50. The van der Waals surface area contributed by atoms with Crippen LogP contribution in [0.25, 0.3) is 5.57 Å². The molecule has 0 N–H and O–H groups in total. The van der Waals surface area contributed by atoms with E-state index in [0.717, 1.165) is 25.2 Å². The zero-order valence-corrected chi connectivity index (χ0v) is 19.9. The van der Waals surface area contributed by atoms with Crippen LogP contribution in [0.5, 0.6) is 5.75 Å². The summed E-state index contributed by atoms with van der Waals surface area (Å²) in [5.41, 5.74) is 8.46. The molecule has 0 saturated heterocycles. The van der Waals surface area contributed by atoms with E-state index in [4.69, 9.17) is 4.74 Å². The summed E-state index contributed by atoms with van der Waals surface area (Å²) in [6.07, 6.45) is 13.9. The van der Waals surface area contributed by atoms with Gasteiger partial charge in [0.2, 0.25) is 0 Å². The van der Waals surface area contributed by atoms with Gasteiger partial charge in [0.25, 0.3) is 0 Å². The summed E-state index contributed by atoms with van der Waals surface area (Å²) in [6, 6.07) is 4.81. The molecule has 0 radical (unpaired) electrons. The Morgan fingerprint density at radius 3 is 2.45 bits per heavy atom. The van der Waals surface area contributed by atoms with Crippen molar-refractivity contribution < 1.29 is 4.74 Å². The maximum Gasteiger partial charge on any atom is 0.130 e. The lowest BCUT2D eigenvalue weighted by Crippen LogP contribution is -2.06. The Morgan fingerprint density at radius 2 is 1.83 bits per heavy atom. The fraction of sp³-hybridized carbons (Fsp3) is 0.571. The monoisotopic (exact) mass is 394 g/mol. The molecule has 29 heavy (non-hydrogen) atoms. The fourth-order valence-corrected chi connectivity index (χ4v) is 3.94. The van der Waals surface area contributed by atoms with Crippen LogP contribution in [0.4, 0.5) is 0 Å². The molecule has 1 aliphatic carbocycles. The SMILES string of the molecule is C/C=C(C)/C=C/C1=C(c2cc(C(C)C)cc(C(C)C)c2OCCCCC)CCC1. The van der Waals surface area contributed by atoms with Crippen molar-refractivity contribution in [3.63, 3.8) is 0 Å². The number of unbranched alkanes of at least 4 members (excludes halogenated alkanes) is 2. The Balaban J connectivity index is 2.57. The molecule has 0 unspecified atom stereocenters. The van der Waals surface area contributed by atoms with Gasteiger partial charge in [-0.1, -0.05) is 77.3 Å². The van der Waals surface area contributed by atoms with E-state index in [1.807, 2.05) is 0 Å². The lowest BCUT2D eigenvalue weighted by atomic mass is 9.88. The Morgan fingerprint density at radius 1 is 1.07 bits per heavy atom. The van der Waals surface area contributed by atoms with Crippen LogP contribution in [-0.4, -0.2) is 6.61 Å². The number of benzene rings is 1. The first kappa shape index (κ1) is 23.5. The molecule has 1 aromatic carbocycles. The van der Waals surface area contributed by atoms with Gasteiger partial charge in [-0.05, 0) is 79.7 Å². The molecule has 1 heteroatoms. The Bertz CT molecular complexity index is 759. The van der Waals surface area contributed by atoms with E-state index in [2.05, 4.69) is 78.8 Å². The van der Waals surface area contributed by atoms with Crippen LogP contribution in [0, 0.1) is 0 Å². The van der Waals surface area contributed by atoms with E-state index in [9.17, 15) is 0 Å². The summed E-state index contributed by atoms with van der Waals surface area (Å²) in [5, 5.41) is 0. The molecule has 0 heterocycles. The fourth-order valence-electron chi connectivity index (χ4n) is 3.94. The van der Waals surface area contributed by atoms with E-state index in [1.165, 1.54) is 59.1 Å². The van der Waals surface area contributed by atoms with Gasteiger partial charge >= 0.3 is 0 Å². The van der Waals surface area contributed by atoms with Crippen LogP contribution in [-0.2, 0) is 0 Å². The van der Waals surface area contributed by atoms with E-state index in [-0.39, 0.29) is 0 Å². The summed E-state index contributed by atoms with van der Waals surface area (Å²) in [7, 11) is 0. The largest absolute Gasteiger partial charge is 0.493 e. The average molecular weight is 395 g/mol. The van der Waals surface area contributed by atoms with Gasteiger partial charge in [-0.25, -0.2) is 0 Å². The standard InChI is InChI=1S/C28H42O/c1-8-10-11-17-29-28-26(21(5)6)18-24(20(3)4)19-27(28)25-14-12-13-23(25)16-15-22(7)9-2/h9,15-16,18-21H,8,10-14,17H2,1-7H3/b16-15+,22-9+. The molecular weight excluding hydrogens is 352 g/mol. The van der Waals surface area contributed by atoms with Gasteiger partial charge in [0, 0.05) is 5.56 Å². The predicted octanol–water partition coefficient (Wildman–Crippen LogP) is 8.96. The molecule has 160 valence electrons. The van der Waals surface area contributed by atoms with Crippen molar-refractivity contribution in [2.45, 2.75) is 98.8 Å². The van der Waals surface area contributed by atoms with Crippen molar-refractivity contribution in [3.05, 3.63) is 58.2 Å². The third-order valence-electron chi connectivity index (χ3n) is 6.01. The first-order valence-corrected chi connectivity index (χ1v) is 11.7. The number of hydrogen-bond acceptors (Lipinski definition) is 1.